The molecule has 1 unspecified atom stereocenters. The molecule has 1 aromatic carbocycles. The van der Waals surface area contributed by atoms with Crippen LogP contribution in [0, 0.1) is 11.7 Å². The molecule has 1 amide bonds. The van der Waals surface area contributed by atoms with E-state index >= 15 is 0 Å². The second-order valence-electron chi connectivity index (χ2n) is 7.03. The number of nitrogens with zero attached hydrogens (tertiary/aromatic N) is 1. The lowest BCUT2D eigenvalue weighted by molar-refractivity contribution is -0.0295. The third kappa shape index (κ3) is 5.13. The molecule has 3 rings (SSSR count). The molecular formula is C20H25FN2O2S. The Morgan fingerprint density at radius 2 is 2.08 bits per heavy atom. The van der Waals surface area contributed by atoms with Crippen molar-refractivity contribution < 1.29 is 13.9 Å². The van der Waals surface area contributed by atoms with Gasteiger partial charge in [-0.2, -0.15) is 0 Å². The van der Waals surface area contributed by atoms with Gasteiger partial charge in [0.05, 0.1) is 17.6 Å². The first-order valence-corrected chi connectivity index (χ1v) is 9.81. The summed E-state index contributed by atoms with van der Waals surface area (Å²) in [4.78, 5) is 16.4. The summed E-state index contributed by atoms with van der Waals surface area (Å²) in [6, 6.07) is 10.0. The van der Waals surface area contributed by atoms with Crippen molar-refractivity contribution in [3.05, 3.63) is 47.1 Å². The lowest BCUT2D eigenvalue weighted by Gasteiger charge is -2.33. The van der Waals surface area contributed by atoms with Crippen LogP contribution in [0.3, 0.4) is 0 Å². The normalized spacial score (nSPS) is 18.2. The highest BCUT2D eigenvalue weighted by Crippen LogP contribution is 2.28. The van der Waals surface area contributed by atoms with E-state index in [2.05, 4.69) is 24.1 Å². The van der Waals surface area contributed by atoms with Crippen molar-refractivity contribution in [3.8, 4) is 10.4 Å². The van der Waals surface area contributed by atoms with Crippen LogP contribution in [0.4, 0.5) is 4.39 Å². The first-order chi connectivity index (χ1) is 12.5. The van der Waals surface area contributed by atoms with E-state index in [1.807, 2.05) is 12.1 Å². The van der Waals surface area contributed by atoms with E-state index in [9.17, 15) is 9.18 Å². The van der Waals surface area contributed by atoms with Gasteiger partial charge >= 0.3 is 0 Å². The number of halogens is 1. The second-order valence-corrected chi connectivity index (χ2v) is 8.11. The van der Waals surface area contributed by atoms with Crippen molar-refractivity contribution in [2.24, 2.45) is 5.92 Å². The Bertz CT molecular complexity index is 730. The molecule has 1 saturated heterocycles. The number of rotatable bonds is 6. The van der Waals surface area contributed by atoms with Crippen molar-refractivity contribution in [1.29, 1.82) is 0 Å². The zero-order valence-corrected chi connectivity index (χ0v) is 16.0. The van der Waals surface area contributed by atoms with E-state index in [0.717, 1.165) is 30.1 Å². The molecule has 0 aliphatic carbocycles. The number of hydrogen-bond acceptors (Lipinski definition) is 4. The minimum atomic E-state index is -0.262. The molecule has 140 valence electrons. The van der Waals surface area contributed by atoms with E-state index in [1.165, 1.54) is 23.5 Å². The van der Waals surface area contributed by atoms with Gasteiger partial charge in [0.15, 0.2) is 0 Å². The maximum absolute atomic E-state index is 13.0. The summed E-state index contributed by atoms with van der Waals surface area (Å²) in [6.45, 7) is 8.50. The Morgan fingerprint density at radius 1 is 1.31 bits per heavy atom. The van der Waals surface area contributed by atoms with Gasteiger partial charge in [-0.05, 0) is 35.7 Å². The number of amides is 1. The average Bonchev–Trinajstić information content (AvgIpc) is 3.10. The van der Waals surface area contributed by atoms with E-state index < -0.39 is 0 Å². The fraction of sp³-hybridized carbons (Fsp3) is 0.450. The largest absolute Gasteiger partial charge is 0.374 e. The highest BCUT2D eigenvalue weighted by molar-refractivity contribution is 7.17. The Balaban J connectivity index is 1.53. The monoisotopic (exact) mass is 376 g/mol. The zero-order valence-electron chi connectivity index (χ0n) is 15.2. The van der Waals surface area contributed by atoms with Crippen LogP contribution in [0.2, 0.25) is 0 Å². The molecule has 0 spiro atoms. The van der Waals surface area contributed by atoms with Gasteiger partial charge in [-0.3, -0.25) is 9.69 Å². The number of ether oxygens (including phenoxy) is 1. The predicted molar refractivity (Wildman–Crippen MR) is 103 cm³/mol. The van der Waals surface area contributed by atoms with E-state index in [4.69, 9.17) is 4.74 Å². The third-order valence-corrected chi connectivity index (χ3v) is 5.43. The van der Waals surface area contributed by atoms with Gasteiger partial charge in [-0.15, -0.1) is 11.3 Å². The second kappa shape index (κ2) is 8.75. The van der Waals surface area contributed by atoms with Crippen molar-refractivity contribution in [2.45, 2.75) is 20.0 Å². The number of thiophene rings is 1. The quantitative estimate of drug-likeness (QED) is 0.837. The molecule has 1 atom stereocenters. The van der Waals surface area contributed by atoms with Crippen molar-refractivity contribution in [2.75, 3.05) is 32.8 Å². The van der Waals surface area contributed by atoms with Gasteiger partial charge in [0.2, 0.25) is 0 Å². The number of hydrogen-bond donors (Lipinski definition) is 1. The first kappa shape index (κ1) is 19.0. The number of carbonyl (C=O) groups excluding carboxylic acids is 1. The number of nitrogens with one attached hydrogen (secondary N) is 1. The standard InChI is InChI=1S/C20H25FN2O2S/c1-14(2)12-23-9-10-25-17(13-23)11-22-20(24)19-8-7-18(26-19)15-3-5-16(21)6-4-15/h3-8,14,17H,9-13H2,1-2H3,(H,22,24). The first-order valence-electron chi connectivity index (χ1n) is 8.99. The summed E-state index contributed by atoms with van der Waals surface area (Å²) in [6.07, 6.45) is 0.0305. The van der Waals surface area contributed by atoms with Crippen molar-refractivity contribution in [3.63, 3.8) is 0 Å². The third-order valence-electron chi connectivity index (χ3n) is 4.30. The Kier molecular flexibility index (Phi) is 6.40. The molecule has 0 radical (unpaired) electrons. The molecule has 26 heavy (non-hydrogen) atoms. The molecule has 1 aliphatic heterocycles. The van der Waals surface area contributed by atoms with Crippen LogP contribution in [0.1, 0.15) is 23.5 Å². The van der Waals surface area contributed by atoms with E-state index in [1.54, 1.807) is 12.1 Å². The fourth-order valence-corrected chi connectivity index (χ4v) is 4.04. The molecular weight excluding hydrogens is 351 g/mol. The van der Waals surface area contributed by atoms with Crippen LogP contribution in [0.5, 0.6) is 0 Å². The molecule has 2 aromatic rings. The van der Waals surface area contributed by atoms with Gasteiger partial charge in [0.1, 0.15) is 5.82 Å². The van der Waals surface area contributed by atoms with Gasteiger partial charge in [0, 0.05) is 31.1 Å². The molecule has 1 N–H and O–H groups in total. The Morgan fingerprint density at radius 3 is 2.81 bits per heavy atom. The molecule has 0 saturated carbocycles. The lowest BCUT2D eigenvalue weighted by Crippen LogP contribution is -2.48. The summed E-state index contributed by atoms with van der Waals surface area (Å²) < 4.78 is 18.8. The smallest absolute Gasteiger partial charge is 0.261 e. The Hall–Kier alpha value is -1.76. The molecule has 1 aliphatic rings. The molecule has 1 fully saturated rings. The number of morpholine rings is 1. The van der Waals surface area contributed by atoms with Gasteiger partial charge in [-0.25, -0.2) is 4.39 Å². The summed E-state index contributed by atoms with van der Waals surface area (Å²) >= 11 is 1.41. The maximum Gasteiger partial charge on any atom is 0.261 e. The van der Waals surface area contributed by atoms with Crippen LogP contribution in [-0.2, 0) is 4.74 Å². The molecule has 1 aromatic heterocycles. The van der Waals surface area contributed by atoms with Gasteiger partial charge in [-0.1, -0.05) is 26.0 Å². The summed E-state index contributed by atoms with van der Waals surface area (Å²) in [7, 11) is 0. The van der Waals surface area contributed by atoms with Gasteiger partial charge in [0.25, 0.3) is 5.91 Å². The van der Waals surface area contributed by atoms with Crippen molar-refractivity contribution >= 4 is 17.2 Å². The molecule has 0 bridgehead atoms. The van der Waals surface area contributed by atoms with Crippen LogP contribution in [-0.4, -0.2) is 49.7 Å². The summed E-state index contributed by atoms with van der Waals surface area (Å²) in [5.74, 6) is 0.273. The van der Waals surface area contributed by atoms with E-state index in [-0.39, 0.29) is 17.8 Å². The summed E-state index contributed by atoms with van der Waals surface area (Å²) in [5, 5.41) is 2.98. The lowest BCUT2D eigenvalue weighted by atomic mass is 10.2. The predicted octanol–water partition coefficient (Wildman–Crippen LogP) is 3.64. The SMILES string of the molecule is CC(C)CN1CCOC(CNC(=O)c2ccc(-c3ccc(F)cc3)s2)C1. The van der Waals surface area contributed by atoms with E-state index in [0.29, 0.717) is 23.9 Å². The molecule has 2 heterocycles. The molecule has 6 heteroatoms. The Labute approximate surface area is 158 Å². The molecule has 4 nitrogen and oxygen atoms in total. The highest BCUT2D eigenvalue weighted by Gasteiger charge is 2.22. The van der Waals surface area contributed by atoms with Crippen LogP contribution >= 0.6 is 11.3 Å². The van der Waals surface area contributed by atoms with Gasteiger partial charge < -0.3 is 10.1 Å². The highest BCUT2D eigenvalue weighted by atomic mass is 32.1. The van der Waals surface area contributed by atoms with Crippen molar-refractivity contribution in [1.82, 2.24) is 10.2 Å². The van der Waals surface area contributed by atoms with Crippen LogP contribution < -0.4 is 5.32 Å². The summed E-state index contributed by atoms with van der Waals surface area (Å²) in [5.41, 5.74) is 0.912. The zero-order chi connectivity index (χ0) is 18.5. The average molecular weight is 376 g/mol. The van der Waals surface area contributed by atoms with Crippen LogP contribution in [0.25, 0.3) is 10.4 Å². The minimum Gasteiger partial charge on any atom is -0.374 e. The van der Waals surface area contributed by atoms with Crippen LogP contribution in [0.15, 0.2) is 36.4 Å². The minimum absolute atomic E-state index is 0.0305. The topological polar surface area (TPSA) is 41.6 Å². The fourth-order valence-electron chi connectivity index (χ4n) is 3.11. The number of benzene rings is 1. The number of carbonyl (C=O) groups is 1. The maximum atomic E-state index is 13.0.